The van der Waals surface area contributed by atoms with Crippen LogP contribution in [0, 0.1) is 5.82 Å². The molecular weight excluding hydrogens is 194 g/mol. The minimum Gasteiger partial charge on any atom is -0.487 e. The van der Waals surface area contributed by atoms with Crippen LogP contribution in [0.4, 0.5) is 4.39 Å². The molecule has 0 unspecified atom stereocenters. The van der Waals surface area contributed by atoms with Crippen LogP contribution in [-0.4, -0.2) is 18.0 Å². The van der Waals surface area contributed by atoms with Gasteiger partial charge in [0.2, 0.25) is 0 Å². The van der Waals surface area contributed by atoms with Crippen molar-refractivity contribution in [1.82, 2.24) is 10.2 Å². The zero-order chi connectivity index (χ0) is 10.7. The average molecular weight is 204 g/mol. The molecule has 1 aromatic carbocycles. The van der Waals surface area contributed by atoms with E-state index in [0.717, 1.165) is 5.69 Å². The molecule has 5 heteroatoms. The van der Waals surface area contributed by atoms with Crippen LogP contribution < -0.4 is 10.2 Å². The third-order valence-electron chi connectivity index (χ3n) is 2.10. The van der Waals surface area contributed by atoms with Crippen molar-refractivity contribution in [3.05, 3.63) is 42.0 Å². The fourth-order valence-electron chi connectivity index (χ4n) is 1.19. The Bertz CT molecular complexity index is 445. The van der Waals surface area contributed by atoms with Crippen LogP contribution in [0.15, 0.2) is 30.5 Å². The van der Waals surface area contributed by atoms with Crippen molar-refractivity contribution >= 4 is 13.3 Å². The first-order valence-electron chi connectivity index (χ1n) is 4.63. The van der Waals surface area contributed by atoms with Crippen molar-refractivity contribution in [1.29, 1.82) is 0 Å². The third-order valence-corrected chi connectivity index (χ3v) is 2.10. The van der Waals surface area contributed by atoms with Crippen LogP contribution in [0.25, 0.3) is 0 Å². The molecule has 2 aromatic rings. The monoisotopic (exact) mass is 204 g/mol. The highest BCUT2D eigenvalue weighted by molar-refractivity contribution is 6.32. The molecule has 76 valence electrons. The van der Waals surface area contributed by atoms with E-state index in [-0.39, 0.29) is 5.82 Å². The summed E-state index contributed by atoms with van der Waals surface area (Å²) >= 11 is 0. The summed E-state index contributed by atoms with van der Waals surface area (Å²) in [6.45, 7) is 0.364. The zero-order valence-corrected chi connectivity index (χ0v) is 8.33. The van der Waals surface area contributed by atoms with Gasteiger partial charge in [0.25, 0.3) is 0 Å². The van der Waals surface area contributed by atoms with Crippen LogP contribution in [0.2, 0.25) is 0 Å². The molecule has 0 aliphatic rings. The Morgan fingerprint density at radius 1 is 1.40 bits per heavy atom. The number of rotatable bonds is 3. The quantitative estimate of drug-likeness (QED) is 0.734. The highest BCUT2D eigenvalue weighted by Crippen LogP contribution is 2.11. The van der Waals surface area contributed by atoms with E-state index in [4.69, 9.17) is 4.74 Å². The fraction of sp³-hybridized carbons (Fsp3) is 0.100. The van der Waals surface area contributed by atoms with Crippen molar-refractivity contribution in [2.45, 2.75) is 6.61 Å². The van der Waals surface area contributed by atoms with Crippen molar-refractivity contribution in [2.75, 3.05) is 0 Å². The van der Waals surface area contributed by atoms with Crippen LogP contribution in [0.1, 0.15) is 5.69 Å². The van der Waals surface area contributed by atoms with Gasteiger partial charge in [0.05, 0.1) is 5.69 Å². The predicted octanol–water partition coefficient (Wildman–Crippen LogP) is 0.386. The highest BCUT2D eigenvalue weighted by atomic mass is 19.1. The summed E-state index contributed by atoms with van der Waals surface area (Å²) in [7, 11) is 1.72. The minimum atomic E-state index is -0.253. The Hall–Kier alpha value is -1.78. The van der Waals surface area contributed by atoms with E-state index in [1.807, 2.05) is 6.07 Å². The lowest BCUT2D eigenvalue weighted by atomic mass is 9.96. The highest BCUT2D eigenvalue weighted by Gasteiger charge is 2.00. The van der Waals surface area contributed by atoms with Crippen LogP contribution in [-0.2, 0) is 6.61 Å². The largest absolute Gasteiger partial charge is 0.487 e. The molecule has 3 nitrogen and oxygen atoms in total. The number of halogens is 1. The van der Waals surface area contributed by atoms with Crippen molar-refractivity contribution in [2.24, 2.45) is 0 Å². The van der Waals surface area contributed by atoms with Gasteiger partial charge < -0.3 is 4.74 Å². The third kappa shape index (κ3) is 2.37. The van der Waals surface area contributed by atoms with Gasteiger partial charge in [-0.3, -0.25) is 5.10 Å². The average Bonchev–Trinajstić information content (AvgIpc) is 2.73. The second kappa shape index (κ2) is 4.17. The molecule has 2 rings (SSSR count). The first-order valence-corrected chi connectivity index (χ1v) is 4.63. The topological polar surface area (TPSA) is 37.9 Å². The number of hydrogen-bond donors (Lipinski definition) is 1. The van der Waals surface area contributed by atoms with Crippen LogP contribution >= 0.6 is 0 Å². The number of nitrogens with one attached hydrogen (secondary N) is 1. The van der Waals surface area contributed by atoms with Crippen molar-refractivity contribution in [3.8, 4) is 5.75 Å². The Morgan fingerprint density at radius 3 is 2.93 bits per heavy atom. The lowest BCUT2D eigenvalue weighted by Gasteiger charge is -2.05. The number of nitrogens with zero attached hydrogens (tertiary/aromatic N) is 1. The van der Waals surface area contributed by atoms with E-state index in [1.54, 1.807) is 26.2 Å². The van der Waals surface area contributed by atoms with Gasteiger partial charge in [-0.2, -0.15) is 5.10 Å². The van der Waals surface area contributed by atoms with Gasteiger partial charge in [0, 0.05) is 12.3 Å². The molecule has 0 amide bonds. The summed E-state index contributed by atoms with van der Waals surface area (Å²) in [5.41, 5.74) is 1.47. The first-order chi connectivity index (χ1) is 7.25. The molecule has 0 saturated heterocycles. The molecule has 0 atom stereocenters. The molecule has 0 radical (unpaired) electrons. The zero-order valence-electron chi connectivity index (χ0n) is 8.33. The maximum Gasteiger partial charge on any atom is 0.143 e. The van der Waals surface area contributed by atoms with E-state index < -0.39 is 0 Å². The molecule has 0 fully saturated rings. The molecule has 1 N–H and O–H groups in total. The Kier molecular flexibility index (Phi) is 2.71. The second-order valence-corrected chi connectivity index (χ2v) is 3.28. The maximum atomic E-state index is 13.1. The molecule has 0 aliphatic heterocycles. The molecule has 1 heterocycles. The molecule has 0 bridgehead atoms. The maximum absolute atomic E-state index is 13.1. The van der Waals surface area contributed by atoms with E-state index in [9.17, 15) is 4.39 Å². The number of ether oxygens (including phenoxy) is 1. The van der Waals surface area contributed by atoms with E-state index in [0.29, 0.717) is 17.8 Å². The molecule has 0 spiro atoms. The standard InChI is InChI=1S/C10H10BFN2O/c11-9-2-1-8(5-10(9)12)15-6-7-3-4-13-14-7/h1-5H,6,11H2,(H,13,14). The first kappa shape index (κ1) is 9.77. The van der Waals surface area contributed by atoms with Crippen LogP contribution in [0.5, 0.6) is 5.75 Å². The van der Waals surface area contributed by atoms with E-state index >= 15 is 0 Å². The number of aromatic amines is 1. The Balaban J connectivity index is 2.02. The molecule has 15 heavy (non-hydrogen) atoms. The number of H-pyrrole nitrogens is 1. The molecule has 1 aromatic heterocycles. The summed E-state index contributed by atoms with van der Waals surface area (Å²) in [5.74, 6) is 0.268. The van der Waals surface area contributed by atoms with Crippen molar-refractivity contribution in [3.63, 3.8) is 0 Å². The van der Waals surface area contributed by atoms with E-state index in [1.165, 1.54) is 6.07 Å². The number of aromatic nitrogens is 2. The minimum absolute atomic E-state index is 0.253. The normalized spacial score (nSPS) is 10.2. The SMILES string of the molecule is Bc1ccc(OCc2ccn[nH]2)cc1F. The summed E-state index contributed by atoms with van der Waals surface area (Å²) in [5, 5.41) is 6.55. The van der Waals surface area contributed by atoms with Gasteiger partial charge in [-0.05, 0) is 12.1 Å². The van der Waals surface area contributed by atoms with Crippen LogP contribution in [0.3, 0.4) is 0 Å². The molecule has 0 aliphatic carbocycles. The fourth-order valence-corrected chi connectivity index (χ4v) is 1.19. The van der Waals surface area contributed by atoms with Gasteiger partial charge in [0.15, 0.2) is 0 Å². The predicted molar refractivity (Wildman–Crippen MR) is 57.5 cm³/mol. The lowest BCUT2D eigenvalue weighted by molar-refractivity contribution is 0.300. The Morgan fingerprint density at radius 2 is 2.27 bits per heavy atom. The van der Waals surface area contributed by atoms with Gasteiger partial charge in [-0.15, -0.1) is 0 Å². The van der Waals surface area contributed by atoms with Gasteiger partial charge in [0.1, 0.15) is 26.0 Å². The van der Waals surface area contributed by atoms with Gasteiger partial charge >= 0.3 is 0 Å². The van der Waals surface area contributed by atoms with Gasteiger partial charge in [-0.1, -0.05) is 11.5 Å². The van der Waals surface area contributed by atoms with Gasteiger partial charge in [-0.25, -0.2) is 4.39 Å². The summed E-state index contributed by atoms with van der Waals surface area (Å²) in [6.07, 6.45) is 1.65. The van der Waals surface area contributed by atoms with E-state index in [2.05, 4.69) is 10.2 Å². The molecular formula is C10H10BFN2O. The second-order valence-electron chi connectivity index (χ2n) is 3.28. The molecule has 0 saturated carbocycles. The smallest absolute Gasteiger partial charge is 0.143 e. The lowest BCUT2D eigenvalue weighted by Crippen LogP contribution is -2.08. The summed E-state index contributed by atoms with van der Waals surface area (Å²) < 4.78 is 18.5. The Labute approximate surface area is 87.7 Å². The summed E-state index contributed by atoms with van der Waals surface area (Å²) in [4.78, 5) is 0. The number of benzene rings is 1. The summed E-state index contributed by atoms with van der Waals surface area (Å²) in [6, 6.07) is 6.63. The number of hydrogen-bond acceptors (Lipinski definition) is 2. The van der Waals surface area contributed by atoms with Crippen molar-refractivity contribution < 1.29 is 9.13 Å².